The van der Waals surface area contributed by atoms with Crippen LogP contribution in [0, 0.1) is 0 Å². The van der Waals surface area contributed by atoms with Crippen molar-refractivity contribution in [2.45, 2.75) is 25.1 Å². The van der Waals surface area contributed by atoms with E-state index in [0.717, 1.165) is 23.3 Å². The first kappa shape index (κ1) is 23.6. The van der Waals surface area contributed by atoms with E-state index in [1.54, 1.807) is 36.3 Å². The Morgan fingerprint density at radius 2 is 1.65 bits per heavy atom. The van der Waals surface area contributed by atoms with Gasteiger partial charge in [0.05, 0.1) is 36.1 Å². The summed E-state index contributed by atoms with van der Waals surface area (Å²) in [5, 5.41) is 1.68. The van der Waals surface area contributed by atoms with Gasteiger partial charge in [0, 0.05) is 5.92 Å². The summed E-state index contributed by atoms with van der Waals surface area (Å²) >= 11 is 0. The summed E-state index contributed by atoms with van der Waals surface area (Å²) in [6.07, 6.45) is -4.42. The third-order valence-electron chi connectivity index (χ3n) is 5.77. The first-order valence-corrected chi connectivity index (χ1v) is 10.9. The van der Waals surface area contributed by atoms with Gasteiger partial charge in [-0.15, -0.1) is 0 Å². The average Bonchev–Trinajstić information content (AvgIpc) is 2.84. The van der Waals surface area contributed by atoms with Crippen LogP contribution in [-0.2, 0) is 15.8 Å². The van der Waals surface area contributed by atoms with Gasteiger partial charge in [0.2, 0.25) is 0 Å². The number of halogens is 3. The Balaban J connectivity index is 1.77. The highest BCUT2D eigenvalue weighted by molar-refractivity contribution is 5.89. The maximum Gasteiger partial charge on any atom is 0.416 e. The van der Waals surface area contributed by atoms with Crippen LogP contribution < -0.4 is 5.06 Å². The molecule has 3 aromatic rings. The van der Waals surface area contributed by atoms with Gasteiger partial charge in [-0.05, 0) is 60.0 Å². The Labute approximate surface area is 196 Å². The average molecular weight is 467 g/mol. The number of esters is 1. The fourth-order valence-corrected chi connectivity index (χ4v) is 4.15. The highest BCUT2D eigenvalue weighted by atomic mass is 19.4. The molecule has 3 aromatic carbocycles. The molecule has 4 rings (SSSR count). The van der Waals surface area contributed by atoms with Crippen LogP contribution in [0.4, 0.5) is 18.9 Å². The van der Waals surface area contributed by atoms with E-state index in [1.807, 2.05) is 30.3 Å². The van der Waals surface area contributed by atoms with Gasteiger partial charge in [0.1, 0.15) is 0 Å². The molecule has 0 aromatic heterocycles. The molecule has 0 spiro atoms. The van der Waals surface area contributed by atoms with Crippen LogP contribution in [0.2, 0.25) is 0 Å². The summed E-state index contributed by atoms with van der Waals surface area (Å²) in [6.45, 7) is 6.45. The van der Waals surface area contributed by atoms with Crippen LogP contribution in [0.25, 0.3) is 0 Å². The molecule has 0 radical (unpaired) electrons. The Hall–Kier alpha value is -3.58. The first-order chi connectivity index (χ1) is 16.3. The molecule has 34 heavy (non-hydrogen) atoms. The van der Waals surface area contributed by atoms with Crippen LogP contribution in [0.3, 0.4) is 0 Å². The zero-order chi connectivity index (χ0) is 24.3. The lowest BCUT2D eigenvalue weighted by Gasteiger charge is -2.43. The van der Waals surface area contributed by atoms with Crippen molar-refractivity contribution >= 4 is 11.7 Å². The predicted octanol–water partition coefficient (Wildman–Crippen LogP) is 6.72. The van der Waals surface area contributed by atoms with Crippen molar-refractivity contribution in [2.24, 2.45) is 0 Å². The number of carbonyl (C=O) groups is 1. The molecule has 1 fully saturated rings. The molecular weight excluding hydrogens is 443 g/mol. The predicted molar refractivity (Wildman–Crippen MR) is 123 cm³/mol. The van der Waals surface area contributed by atoms with E-state index in [0.29, 0.717) is 16.8 Å². The number of hydrogen-bond acceptors (Lipinski definition) is 4. The molecule has 0 N–H and O–H groups in total. The minimum atomic E-state index is -4.42. The minimum absolute atomic E-state index is 0.226. The number of alkyl halides is 3. The number of rotatable bonds is 5. The third kappa shape index (κ3) is 4.84. The lowest BCUT2D eigenvalue weighted by atomic mass is 9.81. The number of hydrogen-bond donors (Lipinski definition) is 0. The maximum atomic E-state index is 13.2. The molecule has 2 unspecified atom stereocenters. The standard InChI is InChI=1S/C27H24F3NO3/c1-3-33-26(32)21-11-15-23(16-12-21)31-25(20-9-13-22(14-10-20)27(28,29)30)24(18(2)17-34-31)19-7-5-4-6-8-19/h4-16,24-25H,2-3,17H2,1H3. The fourth-order valence-electron chi connectivity index (χ4n) is 4.15. The number of hydroxylamine groups is 1. The van der Waals surface area contributed by atoms with Crippen molar-refractivity contribution in [2.75, 3.05) is 18.3 Å². The van der Waals surface area contributed by atoms with E-state index < -0.39 is 23.8 Å². The van der Waals surface area contributed by atoms with Gasteiger partial charge in [-0.3, -0.25) is 4.84 Å². The van der Waals surface area contributed by atoms with Crippen LogP contribution in [0.5, 0.6) is 0 Å². The zero-order valence-electron chi connectivity index (χ0n) is 18.6. The smallest absolute Gasteiger partial charge is 0.416 e. The van der Waals surface area contributed by atoms with Gasteiger partial charge < -0.3 is 4.74 Å². The van der Waals surface area contributed by atoms with Gasteiger partial charge in [-0.25, -0.2) is 9.86 Å². The van der Waals surface area contributed by atoms with Gasteiger partial charge in [0.15, 0.2) is 0 Å². The second-order valence-electron chi connectivity index (χ2n) is 7.98. The van der Waals surface area contributed by atoms with Crippen LogP contribution in [-0.4, -0.2) is 19.2 Å². The first-order valence-electron chi connectivity index (χ1n) is 10.9. The number of ether oxygens (including phenoxy) is 1. The SMILES string of the molecule is C=C1CON(c2ccc(C(=O)OCC)cc2)C(c2ccc(C(F)(F)F)cc2)C1c1ccccc1. The number of nitrogens with zero attached hydrogens (tertiary/aromatic N) is 1. The molecule has 1 aliphatic heterocycles. The molecule has 176 valence electrons. The maximum absolute atomic E-state index is 13.2. The van der Waals surface area contributed by atoms with Gasteiger partial charge in [0.25, 0.3) is 0 Å². The minimum Gasteiger partial charge on any atom is -0.462 e. The van der Waals surface area contributed by atoms with Crippen molar-refractivity contribution in [3.63, 3.8) is 0 Å². The van der Waals surface area contributed by atoms with Crippen molar-refractivity contribution in [1.82, 2.24) is 0 Å². The second kappa shape index (κ2) is 9.73. The molecule has 7 heteroatoms. The monoisotopic (exact) mass is 467 g/mol. The summed E-state index contributed by atoms with van der Waals surface area (Å²) in [4.78, 5) is 18.1. The van der Waals surface area contributed by atoms with Crippen LogP contribution in [0.1, 0.15) is 45.9 Å². The van der Waals surface area contributed by atoms with Gasteiger partial charge in [-0.2, -0.15) is 13.2 Å². The molecule has 1 aliphatic rings. The number of carbonyl (C=O) groups excluding carboxylic acids is 1. The van der Waals surface area contributed by atoms with E-state index in [-0.39, 0.29) is 19.1 Å². The van der Waals surface area contributed by atoms with Crippen molar-refractivity contribution in [3.8, 4) is 0 Å². The summed E-state index contributed by atoms with van der Waals surface area (Å²) in [5.74, 6) is -0.653. The molecule has 4 nitrogen and oxygen atoms in total. The molecule has 0 aliphatic carbocycles. The molecule has 0 saturated carbocycles. The topological polar surface area (TPSA) is 38.8 Å². The highest BCUT2D eigenvalue weighted by Crippen LogP contribution is 2.46. The third-order valence-corrected chi connectivity index (χ3v) is 5.77. The molecule has 2 atom stereocenters. The Kier molecular flexibility index (Phi) is 6.75. The van der Waals surface area contributed by atoms with Crippen molar-refractivity contribution in [3.05, 3.63) is 113 Å². The number of anilines is 1. The summed E-state index contributed by atoms with van der Waals surface area (Å²) in [7, 11) is 0. The summed E-state index contributed by atoms with van der Waals surface area (Å²) in [6, 6.07) is 21.1. The van der Waals surface area contributed by atoms with E-state index in [1.165, 1.54) is 12.1 Å². The van der Waals surface area contributed by atoms with Crippen LogP contribution >= 0.6 is 0 Å². The lowest BCUT2D eigenvalue weighted by Crippen LogP contribution is -2.39. The molecule has 1 heterocycles. The van der Waals surface area contributed by atoms with E-state index in [4.69, 9.17) is 9.57 Å². The quantitative estimate of drug-likeness (QED) is 0.309. The molecule has 0 amide bonds. The molecular formula is C27H24F3NO3. The lowest BCUT2D eigenvalue weighted by molar-refractivity contribution is -0.137. The largest absolute Gasteiger partial charge is 0.462 e. The Morgan fingerprint density at radius 1 is 1.00 bits per heavy atom. The van der Waals surface area contributed by atoms with E-state index in [2.05, 4.69) is 6.58 Å². The molecule has 0 bridgehead atoms. The van der Waals surface area contributed by atoms with Gasteiger partial charge >= 0.3 is 12.1 Å². The van der Waals surface area contributed by atoms with Crippen LogP contribution in [0.15, 0.2) is 91.0 Å². The van der Waals surface area contributed by atoms with Gasteiger partial charge in [-0.1, -0.05) is 49.0 Å². The second-order valence-corrected chi connectivity index (χ2v) is 7.98. The van der Waals surface area contributed by atoms with Crippen molar-refractivity contribution < 1.29 is 27.5 Å². The zero-order valence-corrected chi connectivity index (χ0v) is 18.6. The Morgan fingerprint density at radius 3 is 2.24 bits per heavy atom. The highest BCUT2D eigenvalue weighted by Gasteiger charge is 2.38. The Bertz CT molecular complexity index is 1140. The normalized spacial score (nSPS) is 18.6. The van der Waals surface area contributed by atoms with Crippen molar-refractivity contribution in [1.29, 1.82) is 0 Å². The van der Waals surface area contributed by atoms with E-state index >= 15 is 0 Å². The molecule has 1 saturated heterocycles. The summed E-state index contributed by atoms with van der Waals surface area (Å²) in [5.41, 5.74) is 2.79. The fraction of sp³-hybridized carbons (Fsp3) is 0.222. The number of benzene rings is 3. The van der Waals surface area contributed by atoms with E-state index in [9.17, 15) is 18.0 Å². The summed E-state index contributed by atoms with van der Waals surface area (Å²) < 4.78 is 44.6.